The summed E-state index contributed by atoms with van der Waals surface area (Å²) in [4.78, 5) is 72.7. The van der Waals surface area contributed by atoms with Crippen molar-refractivity contribution in [3.8, 4) is 0 Å². The molecule has 3 N–H and O–H groups in total. The zero-order valence-electron chi connectivity index (χ0n) is 62.3. The molecule has 0 saturated carbocycles. The molecule has 0 aromatic heterocycles. The highest BCUT2D eigenvalue weighted by molar-refractivity contribution is 7.47. The van der Waals surface area contributed by atoms with E-state index in [0.29, 0.717) is 31.6 Å². The van der Waals surface area contributed by atoms with E-state index in [1.807, 2.05) is 0 Å². The van der Waals surface area contributed by atoms with E-state index in [1.54, 1.807) is 0 Å². The van der Waals surface area contributed by atoms with Crippen molar-refractivity contribution < 1.29 is 80.2 Å². The van der Waals surface area contributed by atoms with Gasteiger partial charge >= 0.3 is 39.5 Å². The number of carbonyl (C=O) groups excluding carboxylic acids is 4. The quantitative estimate of drug-likeness (QED) is 0.0222. The standard InChI is InChI=1S/C76H148O17P2/c1-9-68(7)54-46-38-29-23-19-17-15-13-11-12-14-16-18-20-24-31-40-48-56-73(78)86-62-71(92-75(80)58-50-42-32-25-21-22-28-36-44-52-66(3)4)64-90-94(82,83)88-60-70(77)61-89-95(84,85)91-65-72(63-87-74(79)57-49-41-35-34-37-45-53-67(5)6)93-76(81)59-51-43-33-27-26-30-39-47-55-69(8)10-2/h66-72,77H,9-65H2,1-8H3,(H,82,83)(H,84,85)/t68?,69?,70-,71-,72-/m1/s1. The Labute approximate surface area is 581 Å². The van der Waals surface area contributed by atoms with Gasteiger partial charge in [-0.05, 0) is 49.4 Å². The normalized spacial score (nSPS) is 14.7. The third-order valence-electron chi connectivity index (χ3n) is 18.3. The predicted molar refractivity (Wildman–Crippen MR) is 386 cm³/mol. The van der Waals surface area contributed by atoms with Crippen molar-refractivity contribution in [1.82, 2.24) is 0 Å². The molecule has 0 aromatic carbocycles. The number of rotatable bonds is 73. The molecule has 0 bridgehead atoms. The number of ether oxygens (including phenoxy) is 4. The van der Waals surface area contributed by atoms with Gasteiger partial charge in [0, 0.05) is 25.7 Å². The monoisotopic (exact) mass is 1400 g/mol. The molecule has 0 aromatic rings. The maximum absolute atomic E-state index is 13.1. The van der Waals surface area contributed by atoms with Gasteiger partial charge in [-0.25, -0.2) is 9.13 Å². The lowest BCUT2D eigenvalue weighted by molar-refractivity contribution is -0.161. The van der Waals surface area contributed by atoms with Gasteiger partial charge in [0.25, 0.3) is 0 Å². The second-order valence-corrected chi connectivity index (χ2v) is 31.7. The van der Waals surface area contributed by atoms with E-state index in [9.17, 15) is 43.2 Å². The molecule has 4 unspecified atom stereocenters. The molecule has 17 nitrogen and oxygen atoms in total. The summed E-state index contributed by atoms with van der Waals surface area (Å²) in [6.07, 6.45) is 50.2. The smallest absolute Gasteiger partial charge is 0.462 e. The van der Waals surface area contributed by atoms with Gasteiger partial charge in [-0.3, -0.25) is 37.3 Å². The molecule has 564 valence electrons. The van der Waals surface area contributed by atoms with Gasteiger partial charge in [-0.1, -0.05) is 331 Å². The Bertz CT molecular complexity index is 1870. The average Bonchev–Trinajstić information content (AvgIpc) is 1.25. The molecular formula is C76H148O17P2. The molecule has 0 rings (SSSR count). The fourth-order valence-corrected chi connectivity index (χ4v) is 13.1. The van der Waals surface area contributed by atoms with Crippen molar-refractivity contribution >= 4 is 39.5 Å². The first kappa shape index (κ1) is 93.1. The van der Waals surface area contributed by atoms with E-state index in [4.69, 9.17) is 37.0 Å². The molecule has 7 atom stereocenters. The van der Waals surface area contributed by atoms with Gasteiger partial charge in [0.05, 0.1) is 26.4 Å². The molecule has 0 radical (unpaired) electrons. The molecule has 95 heavy (non-hydrogen) atoms. The minimum atomic E-state index is -4.96. The van der Waals surface area contributed by atoms with Crippen LogP contribution in [0.25, 0.3) is 0 Å². The molecule has 0 spiro atoms. The summed E-state index contributed by atoms with van der Waals surface area (Å²) in [5.41, 5.74) is 0. The zero-order chi connectivity index (χ0) is 70.3. The fraction of sp³-hybridized carbons (Fsp3) is 0.947. The number of aliphatic hydroxyl groups excluding tert-OH is 1. The summed E-state index contributed by atoms with van der Waals surface area (Å²) in [6.45, 7) is 14.1. The number of phosphoric ester groups is 2. The molecule has 0 saturated heterocycles. The van der Waals surface area contributed by atoms with Gasteiger partial charge in [-0.15, -0.1) is 0 Å². The van der Waals surface area contributed by atoms with Crippen molar-refractivity contribution in [2.45, 2.75) is 401 Å². The van der Waals surface area contributed by atoms with Gasteiger partial charge in [0.1, 0.15) is 19.3 Å². The summed E-state index contributed by atoms with van der Waals surface area (Å²) >= 11 is 0. The van der Waals surface area contributed by atoms with Crippen LogP contribution in [0.1, 0.15) is 383 Å². The lowest BCUT2D eigenvalue weighted by Gasteiger charge is -2.21. The van der Waals surface area contributed by atoms with Crippen LogP contribution in [0.5, 0.6) is 0 Å². The van der Waals surface area contributed by atoms with Crippen LogP contribution in [0.3, 0.4) is 0 Å². The van der Waals surface area contributed by atoms with Crippen LogP contribution in [0.15, 0.2) is 0 Å². The van der Waals surface area contributed by atoms with Crippen LogP contribution in [0.4, 0.5) is 0 Å². The van der Waals surface area contributed by atoms with Gasteiger partial charge in [0.15, 0.2) is 12.2 Å². The van der Waals surface area contributed by atoms with Crippen molar-refractivity contribution in [2.24, 2.45) is 23.7 Å². The van der Waals surface area contributed by atoms with Crippen molar-refractivity contribution in [2.75, 3.05) is 39.6 Å². The van der Waals surface area contributed by atoms with Gasteiger partial charge in [0.2, 0.25) is 0 Å². The lowest BCUT2D eigenvalue weighted by atomic mass is 9.99. The molecule has 0 aliphatic carbocycles. The SMILES string of the molecule is CCC(C)CCCCCCCCCCCCCCCCCCCCC(=O)OC[C@H](COP(=O)(O)OC[C@@H](O)COP(=O)(O)OC[C@@H](COC(=O)CCCCCCCCC(C)C)OC(=O)CCCCCCCCCCC(C)CC)OC(=O)CCCCCCCCCCCC(C)C. The first-order chi connectivity index (χ1) is 45.7. The minimum Gasteiger partial charge on any atom is -0.462 e. The summed E-state index contributed by atoms with van der Waals surface area (Å²) in [6, 6.07) is 0. The van der Waals surface area contributed by atoms with E-state index in [1.165, 1.54) is 180 Å². The fourth-order valence-electron chi connectivity index (χ4n) is 11.5. The highest BCUT2D eigenvalue weighted by Crippen LogP contribution is 2.45. The van der Waals surface area contributed by atoms with E-state index in [2.05, 4.69) is 55.4 Å². The number of carbonyl (C=O) groups is 4. The topological polar surface area (TPSA) is 237 Å². The molecule has 19 heteroatoms. The Morgan fingerprint density at radius 1 is 0.295 bits per heavy atom. The van der Waals surface area contributed by atoms with E-state index in [0.717, 1.165) is 114 Å². The van der Waals surface area contributed by atoms with Crippen LogP contribution < -0.4 is 0 Å². The Hall–Kier alpha value is -1.94. The number of esters is 4. The average molecular weight is 1400 g/mol. The summed E-state index contributed by atoms with van der Waals surface area (Å²) < 4.78 is 68.4. The van der Waals surface area contributed by atoms with Crippen molar-refractivity contribution in [3.05, 3.63) is 0 Å². The van der Waals surface area contributed by atoms with E-state index >= 15 is 0 Å². The maximum Gasteiger partial charge on any atom is 0.472 e. The summed E-state index contributed by atoms with van der Waals surface area (Å²) in [5, 5.41) is 10.6. The molecule has 0 amide bonds. The largest absolute Gasteiger partial charge is 0.472 e. The Kier molecular flexibility index (Phi) is 64.0. The van der Waals surface area contributed by atoms with Crippen LogP contribution in [0, 0.1) is 23.7 Å². The predicted octanol–water partition coefficient (Wildman–Crippen LogP) is 22.0. The van der Waals surface area contributed by atoms with Crippen molar-refractivity contribution in [1.29, 1.82) is 0 Å². The molecule has 0 fully saturated rings. The molecular weight excluding hydrogens is 1250 g/mol. The maximum atomic E-state index is 13.1. The summed E-state index contributed by atoms with van der Waals surface area (Å²) in [7, 11) is -9.91. The third-order valence-corrected chi connectivity index (χ3v) is 20.2. The highest BCUT2D eigenvalue weighted by Gasteiger charge is 2.30. The lowest BCUT2D eigenvalue weighted by Crippen LogP contribution is -2.30. The van der Waals surface area contributed by atoms with Gasteiger partial charge in [-0.2, -0.15) is 0 Å². The molecule has 0 aliphatic rings. The number of hydrogen-bond donors (Lipinski definition) is 3. The second kappa shape index (κ2) is 65.4. The number of phosphoric acid groups is 2. The highest BCUT2D eigenvalue weighted by atomic mass is 31.2. The molecule has 0 aliphatic heterocycles. The van der Waals surface area contributed by atoms with Gasteiger partial charge < -0.3 is 33.8 Å². The van der Waals surface area contributed by atoms with Crippen LogP contribution in [0.2, 0.25) is 0 Å². The number of aliphatic hydroxyl groups is 1. The third kappa shape index (κ3) is 67.6. The second-order valence-electron chi connectivity index (χ2n) is 28.8. The number of unbranched alkanes of at least 4 members (excludes halogenated alkanes) is 37. The zero-order valence-corrected chi connectivity index (χ0v) is 64.1. The first-order valence-electron chi connectivity index (χ1n) is 39.3. The first-order valence-corrected chi connectivity index (χ1v) is 42.3. The summed E-state index contributed by atoms with van der Waals surface area (Å²) in [5.74, 6) is 0.933. The molecule has 0 heterocycles. The van der Waals surface area contributed by atoms with Crippen LogP contribution in [-0.2, 0) is 65.4 Å². The Morgan fingerprint density at radius 3 is 0.747 bits per heavy atom. The van der Waals surface area contributed by atoms with E-state index in [-0.39, 0.29) is 25.7 Å². The Morgan fingerprint density at radius 2 is 0.505 bits per heavy atom. The van der Waals surface area contributed by atoms with Crippen LogP contribution in [-0.4, -0.2) is 96.7 Å². The van der Waals surface area contributed by atoms with Crippen LogP contribution >= 0.6 is 15.6 Å². The number of hydrogen-bond acceptors (Lipinski definition) is 15. The Balaban J connectivity index is 5.15. The van der Waals surface area contributed by atoms with E-state index < -0.39 is 97.5 Å². The van der Waals surface area contributed by atoms with Crippen molar-refractivity contribution in [3.63, 3.8) is 0 Å². The minimum absolute atomic E-state index is 0.104.